The van der Waals surface area contributed by atoms with Gasteiger partial charge in [0.15, 0.2) is 0 Å². The van der Waals surface area contributed by atoms with Gasteiger partial charge in [-0.15, -0.1) is 0 Å². The normalized spacial score (nSPS) is 11.4. The monoisotopic (exact) mass is 243 g/mol. The molecule has 1 aromatic heterocycles. The predicted molar refractivity (Wildman–Crippen MR) is 81.5 cm³/mol. The number of para-hydroxylation sites is 1. The van der Waals surface area contributed by atoms with Crippen molar-refractivity contribution in [3.8, 4) is 0 Å². The van der Waals surface area contributed by atoms with Crippen LogP contribution in [0.3, 0.4) is 0 Å². The third kappa shape index (κ3) is 1.52. The number of fused-ring (bicyclic) bond motifs is 4. The minimum Gasteiger partial charge on any atom is -0.248 e. The molecular formula is C18H13N. The lowest BCUT2D eigenvalue weighted by atomic mass is 10.0. The van der Waals surface area contributed by atoms with Crippen LogP contribution in [0, 0.1) is 6.92 Å². The van der Waals surface area contributed by atoms with E-state index in [2.05, 4.69) is 61.5 Å². The zero-order valence-electron chi connectivity index (χ0n) is 10.7. The molecule has 0 aliphatic heterocycles. The second-order valence-corrected chi connectivity index (χ2v) is 4.98. The summed E-state index contributed by atoms with van der Waals surface area (Å²) in [4.78, 5) is 4.76. The lowest BCUT2D eigenvalue weighted by molar-refractivity contribution is 1.49. The summed E-state index contributed by atoms with van der Waals surface area (Å²) in [5, 5.41) is 5.03. The van der Waals surface area contributed by atoms with Crippen molar-refractivity contribution in [2.75, 3.05) is 0 Å². The van der Waals surface area contributed by atoms with E-state index >= 15 is 0 Å². The Morgan fingerprint density at radius 3 is 2.53 bits per heavy atom. The van der Waals surface area contributed by atoms with Gasteiger partial charge in [-0.25, -0.2) is 4.98 Å². The van der Waals surface area contributed by atoms with Crippen LogP contribution < -0.4 is 0 Å². The summed E-state index contributed by atoms with van der Waals surface area (Å²) in [6.07, 6.45) is 0. The first-order valence-corrected chi connectivity index (χ1v) is 6.51. The molecule has 0 radical (unpaired) electrons. The molecule has 4 aromatic rings. The quantitative estimate of drug-likeness (QED) is 0.318. The molecule has 0 bridgehead atoms. The summed E-state index contributed by atoms with van der Waals surface area (Å²) >= 11 is 0. The molecule has 0 amide bonds. The largest absolute Gasteiger partial charge is 0.248 e. The molecule has 0 N–H and O–H groups in total. The van der Waals surface area contributed by atoms with E-state index in [0.717, 1.165) is 11.0 Å². The van der Waals surface area contributed by atoms with Gasteiger partial charge in [-0.2, -0.15) is 0 Å². The molecule has 0 fully saturated rings. The second-order valence-electron chi connectivity index (χ2n) is 4.98. The third-order valence-corrected chi connectivity index (χ3v) is 3.78. The van der Waals surface area contributed by atoms with Gasteiger partial charge >= 0.3 is 0 Å². The van der Waals surface area contributed by atoms with E-state index in [1.54, 1.807) is 0 Å². The molecule has 0 aliphatic carbocycles. The number of hydrogen-bond donors (Lipinski definition) is 0. The number of benzene rings is 3. The second kappa shape index (κ2) is 3.79. The number of hydrogen-bond acceptors (Lipinski definition) is 1. The SMILES string of the molecule is Cc1cccc2c1ccc1nc3ccccc3cc12. The summed E-state index contributed by atoms with van der Waals surface area (Å²) in [6.45, 7) is 2.16. The highest BCUT2D eigenvalue weighted by Crippen LogP contribution is 2.28. The average Bonchev–Trinajstić information content (AvgIpc) is 2.45. The maximum absolute atomic E-state index is 4.76. The zero-order valence-corrected chi connectivity index (χ0v) is 10.7. The highest BCUT2D eigenvalue weighted by molar-refractivity contribution is 6.10. The van der Waals surface area contributed by atoms with Crippen molar-refractivity contribution >= 4 is 32.6 Å². The lowest BCUT2D eigenvalue weighted by Gasteiger charge is -2.07. The van der Waals surface area contributed by atoms with Gasteiger partial charge in [0.1, 0.15) is 0 Å². The van der Waals surface area contributed by atoms with Gasteiger partial charge < -0.3 is 0 Å². The molecule has 1 heteroatoms. The first-order valence-electron chi connectivity index (χ1n) is 6.51. The van der Waals surface area contributed by atoms with Crippen LogP contribution in [0.2, 0.25) is 0 Å². The van der Waals surface area contributed by atoms with Gasteiger partial charge in [-0.1, -0.05) is 42.5 Å². The van der Waals surface area contributed by atoms with E-state index in [0.29, 0.717) is 0 Å². The summed E-state index contributed by atoms with van der Waals surface area (Å²) in [6, 6.07) is 21.3. The first kappa shape index (κ1) is 10.5. The van der Waals surface area contributed by atoms with Crippen LogP contribution in [0.5, 0.6) is 0 Å². The average molecular weight is 243 g/mol. The molecule has 0 atom stereocenters. The van der Waals surface area contributed by atoms with Crippen LogP contribution in [0.1, 0.15) is 5.56 Å². The Morgan fingerprint density at radius 1 is 0.684 bits per heavy atom. The van der Waals surface area contributed by atoms with Crippen molar-refractivity contribution in [2.45, 2.75) is 6.92 Å². The van der Waals surface area contributed by atoms with Crippen LogP contribution in [0.25, 0.3) is 32.6 Å². The van der Waals surface area contributed by atoms with Crippen LogP contribution in [-0.4, -0.2) is 4.98 Å². The maximum Gasteiger partial charge on any atom is 0.0716 e. The number of rotatable bonds is 0. The third-order valence-electron chi connectivity index (χ3n) is 3.78. The van der Waals surface area contributed by atoms with Crippen molar-refractivity contribution in [3.63, 3.8) is 0 Å². The summed E-state index contributed by atoms with van der Waals surface area (Å²) in [5.74, 6) is 0. The van der Waals surface area contributed by atoms with Crippen molar-refractivity contribution in [2.24, 2.45) is 0 Å². The Balaban J connectivity index is 2.26. The van der Waals surface area contributed by atoms with Crippen LogP contribution >= 0.6 is 0 Å². The van der Waals surface area contributed by atoms with Crippen molar-refractivity contribution in [1.82, 2.24) is 4.98 Å². The Morgan fingerprint density at radius 2 is 1.58 bits per heavy atom. The van der Waals surface area contributed by atoms with Gasteiger partial charge in [0.05, 0.1) is 11.0 Å². The fourth-order valence-electron chi connectivity index (χ4n) is 2.77. The van der Waals surface area contributed by atoms with Gasteiger partial charge in [0.2, 0.25) is 0 Å². The van der Waals surface area contributed by atoms with Crippen molar-refractivity contribution in [1.29, 1.82) is 0 Å². The van der Waals surface area contributed by atoms with Gasteiger partial charge in [-0.05, 0) is 41.5 Å². The predicted octanol–water partition coefficient (Wildman–Crippen LogP) is 4.85. The Labute approximate surface area is 111 Å². The number of nitrogens with zero attached hydrogens (tertiary/aromatic N) is 1. The molecular weight excluding hydrogens is 230 g/mol. The Bertz CT molecular complexity index is 922. The zero-order chi connectivity index (χ0) is 12.8. The molecule has 0 saturated carbocycles. The number of pyridine rings is 1. The van der Waals surface area contributed by atoms with Crippen LogP contribution in [0.4, 0.5) is 0 Å². The van der Waals surface area contributed by atoms with E-state index in [1.165, 1.54) is 27.1 Å². The Kier molecular flexibility index (Phi) is 2.10. The minimum absolute atomic E-state index is 1.06. The van der Waals surface area contributed by atoms with Crippen molar-refractivity contribution < 1.29 is 0 Å². The molecule has 0 saturated heterocycles. The fourth-order valence-corrected chi connectivity index (χ4v) is 2.77. The highest BCUT2D eigenvalue weighted by Gasteiger charge is 2.04. The molecule has 90 valence electrons. The summed E-state index contributed by atoms with van der Waals surface area (Å²) in [7, 11) is 0. The Hall–Kier alpha value is -2.41. The molecule has 1 nitrogen and oxygen atoms in total. The van der Waals surface area contributed by atoms with E-state index in [1.807, 2.05) is 6.07 Å². The molecule has 0 aliphatic rings. The molecule has 3 aromatic carbocycles. The topological polar surface area (TPSA) is 12.9 Å². The summed E-state index contributed by atoms with van der Waals surface area (Å²) < 4.78 is 0. The van der Waals surface area contributed by atoms with Crippen LogP contribution in [-0.2, 0) is 0 Å². The first-order chi connectivity index (χ1) is 9.33. The van der Waals surface area contributed by atoms with Gasteiger partial charge in [0.25, 0.3) is 0 Å². The lowest BCUT2D eigenvalue weighted by Crippen LogP contribution is -1.85. The molecule has 4 rings (SSSR count). The minimum atomic E-state index is 1.06. The maximum atomic E-state index is 4.76. The molecule has 0 unspecified atom stereocenters. The fraction of sp³-hybridized carbons (Fsp3) is 0.0556. The highest BCUT2D eigenvalue weighted by atomic mass is 14.7. The standard InChI is InChI=1S/C18H13N/c1-12-5-4-7-15-14(12)9-10-18-16(15)11-13-6-2-3-8-17(13)19-18/h2-11H,1H3. The summed E-state index contributed by atoms with van der Waals surface area (Å²) in [5.41, 5.74) is 3.44. The smallest absolute Gasteiger partial charge is 0.0716 e. The van der Waals surface area contributed by atoms with E-state index in [4.69, 9.17) is 4.98 Å². The van der Waals surface area contributed by atoms with E-state index in [9.17, 15) is 0 Å². The number of aromatic nitrogens is 1. The number of aryl methyl sites for hydroxylation is 1. The van der Waals surface area contributed by atoms with Crippen molar-refractivity contribution in [3.05, 3.63) is 66.2 Å². The van der Waals surface area contributed by atoms with E-state index in [-0.39, 0.29) is 0 Å². The molecule has 0 spiro atoms. The molecule has 1 heterocycles. The van der Waals surface area contributed by atoms with Gasteiger partial charge in [0, 0.05) is 10.8 Å². The van der Waals surface area contributed by atoms with Gasteiger partial charge in [-0.3, -0.25) is 0 Å². The van der Waals surface area contributed by atoms with E-state index < -0.39 is 0 Å². The molecule has 19 heavy (non-hydrogen) atoms. The van der Waals surface area contributed by atoms with Crippen LogP contribution in [0.15, 0.2) is 60.7 Å².